The molecule has 0 aromatic heterocycles. The molecule has 0 aliphatic heterocycles. The molecule has 0 spiro atoms. The molecular formula is C16H15ClFNO2. The highest BCUT2D eigenvalue weighted by atomic mass is 35.5. The Morgan fingerprint density at radius 1 is 1.29 bits per heavy atom. The number of rotatable bonds is 5. The van der Waals surface area contributed by atoms with Crippen LogP contribution in [0.1, 0.15) is 13.3 Å². The Balaban J connectivity index is 2.03. The van der Waals surface area contributed by atoms with Gasteiger partial charge in [0.2, 0.25) is 0 Å². The highest BCUT2D eigenvalue weighted by Gasteiger charge is 2.18. The fraction of sp³-hybridized carbons (Fsp3) is 0.188. The first-order valence-electron chi connectivity index (χ1n) is 6.57. The van der Waals surface area contributed by atoms with Crippen LogP contribution in [0.25, 0.3) is 0 Å². The van der Waals surface area contributed by atoms with Gasteiger partial charge in [-0.05, 0) is 48.9 Å². The molecule has 5 heteroatoms. The van der Waals surface area contributed by atoms with Crippen LogP contribution in [-0.4, -0.2) is 12.0 Å². The minimum atomic E-state index is -0.658. The Bertz CT molecular complexity index is 616. The second-order valence-corrected chi connectivity index (χ2v) is 4.90. The van der Waals surface area contributed by atoms with Gasteiger partial charge in [0.25, 0.3) is 5.91 Å². The van der Waals surface area contributed by atoms with E-state index >= 15 is 0 Å². The topological polar surface area (TPSA) is 38.3 Å². The first-order valence-corrected chi connectivity index (χ1v) is 6.95. The van der Waals surface area contributed by atoms with E-state index in [1.807, 2.05) is 6.92 Å². The molecule has 2 rings (SSSR count). The van der Waals surface area contributed by atoms with E-state index in [0.29, 0.717) is 22.9 Å². The van der Waals surface area contributed by atoms with E-state index in [9.17, 15) is 9.18 Å². The van der Waals surface area contributed by atoms with E-state index in [1.165, 1.54) is 24.3 Å². The van der Waals surface area contributed by atoms with Gasteiger partial charge in [0.05, 0.1) is 0 Å². The second kappa shape index (κ2) is 7.09. The average Bonchev–Trinajstić information content (AvgIpc) is 2.46. The molecule has 1 atom stereocenters. The monoisotopic (exact) mass is 307 g/mol. The molecule has 2 aromatic carbocycles. The lowest BCUT2D eigenvalue weighted by Gasteiger charge is -2.17. The molecule has 3 nitrogen and oxygen atoms in total. The molecule has 0 saturated heterocycles. The van der Waals surface area contributed by atoms with Crippen molar-refractivity contribution in [1.29, 1.82) is 0 Å². The number of ether oxygens (including phenoxy) is 1. The van der Waals surface area contributed by atoms with Crippen molar-refractivity contribution in [2.24, 2.45) is 0 Å². The summed E-state index contributed by atoms with van der Waals surface area (Å²) in [6.07, 6.45) is -0.168. The fourth-order valence-corrected chi connectivity index (χ4v) is 1.98. The lowest BCUT2D eigenvalue weighted by Crippen LogP contribution is -2.32. The van der Waals surface area contributed by atoms with Gasteiger partial charge in [-0.15, -0.1) is 0 Å². The molecule has 0 fully saturated rings. The van der Waals surface area contributed by atoms with Crippen molar-refractivity contribution in [3.05, 3.63) is 59.4 Å². The summed E-state index contributed by atoms with van der Waals surface area (Å²) in [7, 11) is 0. The van der Waals surface area contributed by atoms with Crippen molar-refractivity contribution in [2.45, 2.75) is 19.4 Å². The van der Waals surface area contributed by atoms with Crippen LogP contribution >= 0.6 is 11.6 Å². The summed E-state index contributed by atoms with van der Waals surface area (Å²) < 4.78 is 18.4. The molecule has 0 heterocycles. The largest absolute Gasteiger partial charge is 0.481 e. The zero-order valence-corrected chi connectivity index (χ0v) is 12.2. The summed E-state index contributed by atoms with van der Waals surface area (Å²) >= 11 is 5.87. The fourth-order valence-electron chi connectivity index (χ4n) is 1.79. The van der Waals surface area contributed by atoms with Gasteiger partial charge in [-0.3, -0.25) is 4.79 Å². The summed E-state index contributed by atoms with van der Waals surface area (Å²) in [6, 6.07) is 12.4. The molecule has 0 saturated carbocycles. The van der Waals surface area contributed by atoms with Gasteiger partial charge in [-0.1, -0.05) is 24.6 Å². The number of halogens is 2. The lowest BCUT2D eigenvalue weighted by atomic mass is 10.2. The van der Waals surface area contributed by atoms with Crippen LogP contribution in [-0.2, 0) is 4.79 Å². The van der Waals surface area contributed by atoms with Gasteiger partial charge < -0.3 is 10.1 Å². The van der Waals surface area contributed by atoms with E-state index in [0.717, 1.165) is 0 Å². The Labute approximate surface area is 127 Å². The summed E-state index contributed by atoms with van der Waals surface area (Å²) in [5.74, 6) is -0.174. The van der Waals surface area contributed by atoms with Crippen LogP contribution in [0, 0.1) is 5.82 Å². The van der Waals surface area contributed by atoms with E-state index in [2.05, 4.69) is 5.32 Å². The molecule has 21 heavy (non-hydrogen) atoms. The van der Waals surface area contributed by atoms with Crippen LogP contribution in [0.15, 0.2) is 48.5 Å². The maximum atomic E-state index is 12.8. The molecular weight excluding hydrogens is 293 g/mol. The minimum absolute atomic E-state index is 0.274. The van der Waals surface area contributed by atoms with Crippen LogP contribution < -0.4 is 10.1 Å². The number of carbonyl (C=O) groups is 1. The third kappa shape index (κ3) is 4.46. The van der Waals surface area contributed by atoms with Crippen LogP contribution in [0.4, 0.5) is 10.1 Å². The summed E-state index contributed by atoms with van der Waals surface area (Å²) in [5, 5.41) is 3.28. The van der Waals surface area contributed by atoms with Gasteiger partial charge >= 0.3 is 0 Å². The zero-order chi connectivity index (χ0) is 15.2. The summed E-state index contributed by atoms with van der Waals surface area (Å²) in [5.41, 5.74) is 0.605. The van der Waals surface area contributed by atoms with Gasteiger partial charge in [0.1, 0.15) is 11.6 Å². The van der Waals surface area contributed by atoms with Gasteiger partial charge in [0, 0.05) is 10.7 Å². The molecule has 0 aliphatic rings. The number of benzene rings is 2. The number of hydrogen-bond acceptors (Lipinski definition) is 2. The number of nitrogens with one attached hydrogen (secondary N) is 1. The highest BCUT2D eigenvalue weighted by molar-refractivity contribution is 6.30. The van der Waals surface area contributed by atoms with Crippen molar-refractivity contribution in [2.75, 3.05) is 5.32 Å². The normalized spacial score (nSPS) is 11.8. The predicted molar refractivity (Wildman–Crippen MR) is 81.2 cm³/mol. The van der Waals surface area contributed by atoms with Crippen molar-refractivity contribution < 1.29 is 13.9 Å². The maximum Gasteiger partial charge on any atom is 0.265 e. The van der Waals surface area contributed by atoms with Crippen molar-refractivity contribution in [3.63, 3.8) is 0 Å². The van der Waals surface area contributed by atoms with E-state index < -0.39 is 6.10 Å². The maximum absolute atomic E-state index is 12.8. The van der Waals surface area contributed by atoms with E-state index in [4.69, 9.17) is 16.3 Å². The summed E-state index contributed by atoms with van der Waals surface area (Å²) in [6.45, 7) is 1.84. The molecule has 0 radical (unpaired) electrons. The van der Waals surface area contributed by atoms with Crippen molar-refractivity contribution in [1.82, 2.24) is 0 Å². The zero-order valence-electron chi connectivity index (χ0n) is 11.5. The second-order valence-electron chi connectivity index (χ2n) is 4.47. The van der Waals surface area contributed by atoms with Gasteiger partial charge in [0.15, 0.2) is 6.10 Å². The summed E-state index contributed by atoms with van der Waals surface area (Å²) in [4.78, 5) is 12.2. The molecule has 1 amide bonds. The Morgan fingerprint density at radius 2 is 2.00 bits per heavy atom. The predicted octanol–water partition coefficient (Wildman–Crippen LogP) is 4.28. The molecule has 0 bridgehead atoms. The molecule has 0 aliphatic carbocycles. The standard InChI is InChI=1S/C16H15ClFNO2/c1-2-15(21-14-8-6-12(18)7-9-14)16(20)19-13-5-3-4-11(17)10-13/h3-10,15H,2H2,1H3,(H,19,20)/t15-/m1/s1. The molecule has 2 aromatic rings. The average molecular weight is 308 g/mol. The smallest absolute Gasteiger partial charge is 0.265 e. The first kappa shape index (κ1) is 15.3. The number of hydrogen-bond donors (Lipinski definition) is 1. The molecule has 0 unspecified atom stereocenters. The molecule has 110 valence electrons. The van der Waals surface area contributed by atoms with Crippen LogP contribution in [0.3, 0.4) is 0 Å². The quantitative estimate of drug-likeness (QED) is 0.895. The van der Waals surface area contributed by atoms with E-state index in [-0.39, 0.29) is 11.7 Å². The van der Waals surface area contributed by atoms with Crippen molar-refractivity contribution in [3.8, 4) is 5.75 Å². The Kier molecular flexibility index (Phi) is 5.17. The van der Waals surface area contributed by atoms with E-state index in [1.54, 1.807) is 24.3 Å². The van der Waals surface area contributed by atoms with Crippen LogP contribution in [0.5, 0.6) is 5.75 Å². The number of anilines is 1. The SMILES string of the molecule is CC[C@@H](Oc1ccc(F)cc1)C(=O)Nc1cccc(Cl)c1. The Morgan fingerprint density at radius 3 is 2.62 bits per heavy atom. The highest BCUT2D eigenvalue weighted by Crippen LogP contribution is 2.18. The lowest BCUT2D eigenvalue weighted by molar-refractivity contribution is -0.122. The Hall–Kier alpha value is -2.07. The minimum Gasteiger partial charge on any atom is -0.481 e. The van der Waals surface area contributed by atoms with Crippen LogP contribution in [0.2, 0.25) is 5.02 Å². The van der Waals surface area contributed by atoms with Crippen molar-refractivity contribution >= 4 is 23.2 Å². The third-order valence-corrected chi connectivity index (χ3v) is 3.08. The molecule has 1 N–H and O–H groups in total. The number of carbonyl (C=O) groups excluding carboxylic acids is 1. The van der Waals surface area contributed by atoms with Gasteiger partial charge in [-0.2, -0.15) is 0 Å². The first-order chi connectivity index (χ1) is 10.1. The third-order valence-electron chi connectivity index (χ3n) is 2.85. The van der Waals surface area contributed by atoms with Gasteiger partial charge in [-0.25, -0.2) is 4.39 Å². The number of amides is 1.